The highest BCUT2D eigenvalue weighted by molar-refractivity contribution is 6.07. The number of benzene rings is 3. The van der Waals surface area contributed by atoms with Gasteiger partial charge in [-0.25, -0.2) is 4.79 Å². The van der Waals surface area contributed by atoms with Crippen LogP contribution in [0.2, 0.25) is 0 Å². The van der Waals surface area contributed by atoms with Crippen molar-refractivity contribution in [1.29, 1.82) is 0 Å². The van der Waals surface area contributed by atoms with Gasteiger partial charge in [-0.2, -0.15) is 0 Å². The van der Waals surface area contributed by atoms with Crippen LogP contribution >= 0.6 is 0 Å². The molecule has 3 aromatic rings. The molecule has 3 aromatic carbocycles. The van der Waals surface area contributed by atoms with E-state index in [1.165, 1.54) is 34.5 Å². The third-order valence-electron chi connectivity index (χ3n) is 5.45. The van der Waals surface area contributed by atoms with Crippen molar-refractivity contribution in [2.24, 2.45) is 0 Å². The lowest BCUT2D eigenvalue weighted by molar-refractivity contribution is -0.110. The van der Waals surface area contributed by atoms with Crippen molar-refractivity contribution >= 4 is 11.8 Å². The molecule has 0 aliphatic rings. The quantitative estimate of drug-likeness (QED) is 0.171. The molecule has 0 radical (unpaired) electrons. The normalized spacial score (nSPS) is 11.6. The number of rotatable bonds is 11. The van der Waals surface area contributed by atoms with Crippen LogP contribution in [0, 0.1) is 0 Å². The summed E-state index contributed by atoms with van der Waals surface area (Å²) in [6.45, 7) is 0. The lowest BCUT2D eigenvalue weighted by atomic mass is 9.88. The molecule has 1 unspecified atom stereocenters. The average Bonchev–Trinajstić information content (AvgIpc) is 2.91. The predicted molar refractivity (Wildman–Crippen MR) is 129 cm³/mol. The molecule has 0 saturated carbocycles. The van der Waals surface area contributed by atoms with Gasteiger partial charge in [-0.3, -0.25) is 4.79 Å². The Bertz CT molecular complexity index is 1140. The molecule has 0 fully saturated rings. The van der Waals surface area contributed by atoms with Crippen molar-refractivity contribution in [3.05, 3.63) is 83.4 Å². The maximum atomic E-state index is 14.1. The Morgan fingerprint density at radius 3 is 1.83 bits per heavy atom. The monoisotopic (exact) mass is 480 g/mol. The van der Waals surface area contributed by atoms with Crippen molar-refractivity contribution < 1.29 is 38.0 Å². The minimum Gasteiger partial charge on any atom is -0.497 e. The van der Waals surface area contributed by atoms with Crippen molar-refractivity contribution in [2.45, 2.75) is 12.2 Å². The van der Waals surface area contributed by atoms with Crippen LogP contribution < -0.4 is 18.9 Å². The fraction of sp³-hybridized carbons (Fsp3) is 0.259. The number of ketones is 1. The molecule has 0 spiro atoms. The van der Waals surface area contributed by atoms with E-state index < -0.39 is 24.0 Å². The number of methoxy groups -OCH3 is 5. The lowest BCUT2D eigenvalue weighted by Crippen LogP contribution is -2.30. The molecule has 184 valence electrons. The summed E-state index contributed by atoms with van der Waals surface area (Å²) in [5.41, 5.74) is 0.992. The third kappa shape index (κ3) is 5.79. The summed E-state index contributed by atoms with van der Waals surface area (Å²) < 4.78 is 32.7. The van der Waals surface area contributed by atoms with Gasteiger partial charge in [0.25, 0.3) is 0 Å². The SMILES string of the molecule is COc1ccc(C(C(=O)c2c(OC)cc(OC)cc2OC(=O)c2ccccc2)C(OC)OC)cc1. The highest BCUT2D eigenvalue weighted by Crippen LogP contribution is 2.39. The summed E-state index contributed by atoms with van der Waals surface area (Å²) in [5, 5.41) is 0. The van der Waals surface area contributed by atoms with Gasteiger partial charge < -0.3 is 28.4 Å². The van der Waals surface area contributed by atoms with Gasteiger partial charge in [0, 0.05) is 26.4 Å². The lowest BCUT2D eigenvalue weighted by Gasteiger charge is -2.26. The van der Waals surface area contributed by atoms with E-state index in [4.69, 9.17) is 28.4 Å². The zero-order valence-corrected chi connectivity index (χ0v) is 20.3. The molecule has 0 aromatic heterocycles. The molecule has 8 heteroatoms. The Hall–Kier alpha value is -3.88. The molecule has 0 aliphatic carbocycles. The Balaban J connectivity index is 2.14. The number of hydrogen-bond donors (Lipinski definition) is 0. The van der Waals surface area contributed by atoms with Crippen LogP contribution in [0.15, 0.2) is 66.7 Å². The van der Waals surface area contributed by atoms with Gasteiger partial charge in [0.15, 0.2) is 12.1 Å². The van der Waals surface area contributed by atoms with Gasteiger partial charge in [0.05, 0.1) is 32.8 Å². The van der Waals surface area contributed by atoms with Crippen LogP contribution in [0.1, 0.15) is 32.2 Å². The van der Waals surface area contributed by atoms with Gasteiger partial charge in [-0.15, -0.1) is 0 Å². The summed E-state index contributed by atoms with van der Waals surface area (Å²) in [6.07, 6.45) is -0.930. The first-order valence-electron chi connectivity index (χ1n) is 10.7. The van der Waals surface area contributed by atoms with E-state index in [-0.39, 0.29) is 17.1 Å². The van der Waals surface area contributed by atoms with E-state index in [9.17, 15) is 9.59 Å². The van der Waals surface area contributed by atoms with E-state index >= 15 is 0 Å². The minimum absolute atomic E-state index is 0.00970. The van der Waals surface area contributed by atoms with Crippen LogP contribution in [0.4, 0.5) is 0 Å². The zero-order chi connectivity index (χ0) is 25.4. The highest BCUT2D eigenvalue weighted by Gasteiger charge is 2.35. The molecule has 0 N–H and O–H groups in total. The van der Waals surface area contributed by atoms with Gasteiger partial charge in [-0.1, -0.05) is 30.3 Å². The Morgan fingerprint density at radius 1 is 0.686 bits per heavy atom. The first-order chi connectivity index (χ1) is 17.0. The molecule has 1 atom stereocenters. The fourth-order valence-corrected chi connectivity index (χ4v) is 3.67. The number of esters is 1. The molecule has 35 heavy (non-hydrogen) atoms. The number of carbonyl (C=O) groups excluding carboxylic acids is 2. The van der Waals surface area contributed by atoms with Crippen molar-refractivity contribution in [2.75, 3.05) is 35.5 Å². The van der Waals surface area contributed by atoms with Crippen LogP contribution in [0.5, 0.6) is 23.0 Å². The van der Waals surface area contributed by atoms with Crippen molar-refractivity contribution in [1.82, 2.24) is 0 Å². The number of Topliss-reactive ketones (excluding diaryl/α,β-unsaturated/α-hetero) is 1. The van der Waals surface area contributed by atoms with Gasteiger partial charge in [0.2, 0.25) is 0 Å². The number of carbonyl (C=O) groups is 2. The molecule has 0 heterocycles. The van der Waals surface area contributed by atoms with Gasteiger partial charge in [-0.05, 0) is 29.8 Å². The summed E-state index contributed by atoms with van der Waals surface area (Å²) in [7, 11) is 7.32. The standard InChI is InChI=1S/C27H28O8/c1-30-19-13-11-17(12-14-19)23(27(33-4)34-5)25(28)24-21(32-3)15-20(31-2)16-22(24)35-26(29)18-9-7-6-8-10-18/h6-16,23,27H,1-5H3. The predicted octanol–water partition coefficient (Wildman–Crippen LogP) is 4.52. The summed E-state index contributed by atoms with van der Waals surface area (Å²) in [6, 6.07) is 18.4. The van der Waals surface area contributed by atoms with Crippen molar-refractivity contribution in [3.8, 4) is 23.0 Å². The smallest absolute Gasteiger partial charge is 0.343 e. The maximum Gasteiger partial charge on any atom is 0.343 e. The molecule has 8 nitrogen and oxygen atoms in total. The Morgan fingerprint density at radius 2 is 1.29 bits per heavy atom. The second-order valence-corrected chi connectivity index (χ2v) is 7.41. The second-order valence-electron chi connectivity index (χ2n) is 7.41. The maximum absolute atomic E-state index is 14.1. The molecule has 0 aliphatic heterocycles. The third-order valence-corrected chi connectivity index (χ3v) is 5.45. The number of ether oxygens (including phenoxy) is 6. The first-order valence-corrected chi connectivity index (χ1v) is 10.7. The second kappa shape index (κ2) is 12.0. The van der Waals surface area contributed by atoms with Crippen LogP contribution in [-0.2, 0) is 9.47 Å². The topological polar surface area (TPSA) is 89.5 Å². The van der Waals surface area contributed by atoms with E-state index in [0.717, 1.165) is 0 Å². The Kier molecular flexibility index (Phi) is 8.83. The van der Waals surface area contributed by atoms with Gasteiger partial charge in [0.1, 0.15) is 28.6 Å². The summed E-state index contributed by atoms with van der Waals surface area (Å²) in [4.78, 5) is 26.9. The average molecular weight is 481 g/mol. The van der Waals surface area contributed by atoms with E-state index in [2.05, 4.69) is 0 Å². The Labute approximate surface area is 204 Å². The van der Waals surface area contributed by atoms with Gasteiger partial charge >= 0.3 is 5.97 Å². The molecular weight excluding hydrogens is 452 g/mol. The van der Waals surface area contributed by atoms with E-state index in [1.807, 2.05) is 0 Å². The van der Waals surface area contributed by atoms with Crippen LogP contribution in [0.25, 0.3) is 0 Å². The van der Waals surface area contributed by atoms with E-state index in [0.29, 0.717) is 22.6 Å². The number of hydrogen-bond acceptors (Lipinski definition) is 8. The molecule has 0 bridgehead atoms. The van der Waals surface area contributed by atoms with Crippen LogP contribution in [-0.4, -0.2) is 53.6 Å². The molecule has 0 saturated heterocycles. The molecule has 0 amide bonds. The van der Waals surface area contributed by atoms with Crippen molar-refractivity contribution in [3.63, 3.8) is 0 Å². The highest BCUT2D eigenvalue weighted by atomic mass is 16.7. The summed E-state index contributed by atoms with van der Waals surface area (Å²) in [5.74, 6) is -0.826. The van der Waals surface area contributed by atoms with Crippen LogP contribution in [0.3, 0.4) is 0 Å². The first kappa shape index (κ1) is 25.7. The zero-order valence-electron chi connectivity index (χ0n) is 20.3. The fourth-order valence-electron chi connectivity index (χ4n) is 3.67. The van der Waals surface area contributed by atoms with E-state index in [1.54, 1.807) is 67.8 Å². The summed E-state index contributed by atoms with van der Waals surface area (Å²) >= 11 is 0. The minimum atomic E-state index is -0.930. The molecular formula is C27H28O8. The largest absolute Gasteiger partial charge is 0.497 e. The molecule has 3 rings (SSSR count).